The van der Waals surface area contributed by atoms with Crippen LogP contribution in [0.3, 0.4) is 0 Å². The summed E-state index contributed by atoms with van der Waals surface area (Å²) >= 11 is 0. The van der Waals surface area contributed by atoms with Gasteiger partial charge in [0, 0.05) is 31.4 Å². The number of aromatic nitrogens is 2. The lowest BCUT2D eigenvalue weighted by atomic mass is 9.99. The summed E-state index contributed by atoms with van der Waals surface area (Å²) in [5.74, 6) is 2.03. The number of hydrogen-bond acceptors (Lipinski definition) is 2. The first kappa shape index (κ1) is 9.71. The lowest BCUT2D eigenvalue weighted by Gasteiger charge is -2.24. The van der Waals surface area contributed by atoms with Crippen LogP contribution in [0.15, 0.2) is 12.4 Å². The highest BCUT2D eigenvalue weighted by Gasteiger charge is 2.18. The van der Waals surface area contributed by atoms with Gasteiger partial charge in [-0.3, -0.25) is 0 Å². The fourth-order valence-electron chi connectivity index (χ4n) is 2.01. The van der Waals surface area contributed by atoms with Gasteiger partial charge in [-0.05, 0) is 18.9 Å². The van der Waals surface area contributed by atoms with Crippen LogP contribution in [-0.4, -0.2) is 22.1 Å². The molecule has 0 saturated carbocycles. The zero-order valence-electron chi connectivity index (χ0n) is 9.03. The molecule has 0 saturated heterocycles. The maximum absolute atomic E-state index is 4.33. The van der Waals surface area contributed by atoms with Crippen molar-refractivity contribution in [2.75, 3.05) is 6.54 Å². The number of rotatable bonds is 3. The van der Waals surface area contributed by atoms with E-state index < -0.39 is 0 Å². The Morgan fingerprint density at radius 2 is 2.50 bits per heavy atom. The van der Waals surface area contributed by atoms with Crippen molar-refractivity contribution in [1.82, 2.24) is 14.9 Å². The molecule has 14 heavy (non-hydrogen) atoms. The van der Waals surface area contributed by atoms with E-state index in [0.29, 0.717) is 6.04 Å². The fourth-order valence-corrected chi connectivity index (χ4v) is 2.01. The maximum Gasteiger partial charge on any atom is 0.108 e. The van der Waals surface area contributed by atoms with E-state index in [4.69, 9.17) is 0 Å². The van der Waals surface area contributed by atoms with E-state index in [1.807, 2.05) is 6.20 Å². The van der Waals surface area contributed by atoms with Gasteiger partial charge in [0.25, 0.3) is 0 Å². The van der Waals surface area contributed by atoms with Gasteiger partial charge in [-0.15, -0.1) is 0 Å². The second-order valence-electron chi connectivity index (χ2n) is 4.46. The molecule has 0 aromatic carbocycles. The zero-order valence-corrected chi connectivity index (χ0v) is 9.03. The van der Waals surface area contributed by atoms with E-state index in [1.54, 1.807) is 0 Å². The lowest BCUT2D eigenvalue weighted by Crippen LogP contribution is -2.33. The molecule has 0 aliphatic carbocycles. The summed E-state index contributed by atoms with van der Waals surface area (Å²) in [5.41, 5.74) is 0. The Morgan fingerprint density at radius 3 is 3.29 bits per heavy atom. The molecular weight excluding hydrogens is 174 g/mol. The third kappa shape index (κ3) is 2.15. The smallest absolute Gasteiger partial charge is 0.108 e. The van der Waals surface area contributed by atoms with E-state index in [1.165, 1.54) is 12.2 Å². The van der Waals surface area contributed by atoms with E-state index in [2.05, 4.69) is 34.9 Å². The first-order chi connectivity index (χ1) is 6.75. The van der Waals surface area contributed by atoms with Crippen molar-refractivity contribution in [1.29, 1.82) is 0 Å². The van der Waals surface area contributed by atoms with Crippen molar-refractivity contribution in [2.24, 2.45) is 5.92 Å². The minimum absolute atomic E-state index is 0.596. The number of nitrogens with zero attached hydrogens (tertiary/aromatic N) is 2. The molecular formula is C11H19N3. The van der Waals surface area contributed by atoms with Crippen LogP contribution in [0.1, 0.15) is 26.1 Å². The summed E-state index contributed by atoms with van der Waals surface area (Å²) in [6.07, 6.45) is 6.42. The van der Waals surface area contributed by atoms with E-state index >= 15 is 0 Å². The van der Waals surface area contributed by atoms with Gasteiger partial charge in [0.2, 0.25) is 0 Å². The molecule has 1 aliphatic rings. The molecule has 1 aromatic rings. The molecule has 1 aliphatic heterocycles. The monoisotopic (exact) mass is 193 g/mol. The molecule has 1 unspecified atom stereocenters. The summed E-state index contributed by atoms with van der Waals surface area (Å²) in [6, 6.07) is 0.596. The Hall–Kier alpha value is -0.830. The highest BCUT2D eigenvalue weighted by Crippen LogP contribution is 2.17. The van der Waals surface area contributed by atoms with Crippen LogP contribution in [-0.2, 0) is 13.0 Å². The molecule has 2 rings (SSSR count). The normalized spacial score (nSPS) is 21.2. The van der Waals surface area contributed by atoms with Gasteiger partial charge < -0.3 is 9.88 Å². The van der Waals surface area contributed by atoms with Gasteiger partial charge in [-0.2, -0.15) is 0 Å². The molecule has 0 amide bonds. The van der Waals surface area contributed by atoms with Gasteiger partial charge in [0.1, 0.15) is 5.82 Å². The average Bonchev–Trinajstić information content (AvgIpc) is 2.61. The van der Waals surface area contributed by atoms with Gasteiger partial charge in [0.05, 0.1) is 0 Å². The first-order valence-corrected chi connectivity index (χ1v) is 5.49. The summed E-state index contributed by atoms with van der Waals surface area (Å²) in [6.45, 7) is 6.67. The fraction of sp³-hybridized carbons (Fsp3) is 0.727. The van der Waals surface area contributed by atoms with Crippen LogP contribution in [0, 0.1) is 5.92 Å². The van der Waals surface area contributed by atoms with Gasteiger partial charge >= 0.3 is 0 Å². The Morgan fingerprint density at radius 1 is 1.64 bits per heavy atom. The molecule has 1 atom stereocenters. The topological polar surface area (TPSA) is 29.9 Å². The average molecular weight is 193 g/mol. The minimum Gasteiger partial charge on any atom is -0.335 e. The van der Waals surface area contributed by atoms with Crippen LogP contribution in [0.2, 0.25) is 0 Å². The summed E-state index contributed by atoms with van der Waals surface area (Å²) in [5, 5.41) is 3.50. The molecule has 1 N–H and O–H groups in total. The van der Waals surface area contributed by atoms with Crippen LogP contribution in [0.5, 0.6) is 0 Å². The van der Waals surface area contributed by atoms with Gasteiger partial charge in [0.15, 0.2) is 0 Å². The summed E-state index contributed by atoms with van der Waals surface area (Å²) in [7, 11) is 0. The Labute approximate surface area is 85.5 Å². The molecule has 0 radical (unpaired) electrons. The van der Waals surface area contributed by atoms with Crippen molar-refractivity contribution in [3.63, 3.8) is 0 Å². The summed E-state index contributed by atoms with van der Waals surface area (Å²) < 4.78 is 2.29. The highest BCUT2D eigenvalue weighted by molar-refractivity contribution is 4.96. The number of imidazole rings is 1. The quantitative estimate of drug-likeness (QED) is 0.787. The molecule has 0 fully saturated rings. The van der Waals surface area contributed by atoms with Gasteiger partial charge in [-0.25, -0.2) is 4.98 Å². The molecule has 1 aromatic heterocycles. The van der Waals surface area contributed by atoms with Crippen molar-refractivity contribution in [2.45, 2.75) is 39.3 Å². The highest BCUT2D eigenvalue weighted by atomic mass is 15.1. The predicted octanol–water partition coefficient (Wildman–Crippen LogP) is 1.44. The van der Waals surface area contributed by atoms with Crippen molar-refractivity contribution in [3.05, 3.63) is 18.2 Å². The largest absolute Gasteiger partial charge is 0.335 e. The Kier molecular flexibility index (Phi) is 2.87. The SMILES string of the molecule is CC(C)NCC1CCc2nccn2C1. The predicted molar refractivity (Wildman–Crippen MR) is 57.2 cm³/mol. The van der Waals surface area contributed by atoms with Gasteiger partial charge in [-0.1, -0.05) is 13.8 Å². The molecule has 78 valence electrons. The van der Waals surface area contributed by atoms with Crippen LogP contribution in [0.25, 0.3) is 0 Å². The van der Waals surface area contributed by atoms with Crippen molar-refractivity contribution < 1.29 is 0 Å². The maximum atomic E-state index is 4.33. The lowest BCUT2D eigenvalue weighted by molar-refractivity contribution is 0.339. The third-order valence-corrected chi connectivity index (χ3v) is 2.85. The van der Waals surface area contributed by atoms with Crippen molar-refractivity contribution in [3.8, 4) is 0 Å². The van der Waals surface area contributed by atoms with Crippen LogP contribution in [0.4, 0.5) is 0 Å². The number of fused-ring (bicyclic) bond motifs is 1. The first-order valence-electron chi connectivity index (χ1n) is 5.49. The second-order valence-corrected chi connectivity index (χ2v) is 4.46. The second kappa shape index (κ2) is 4.13. The Balaban J connectivity index is 1.88. The van der Waals surface area contributed by atoms with Crippen LogP contribution >= 0.6 is 0 Å². The number of aryl methyl sites for hydroxylation is 1. The molecule has 0 spiro atoms. The molecule has 2 heterocycles. The standard InChI is InChI=1S/C11H19N3/c1-9(2)13-7-10-3-4-11-12-5-6-14(11)8-10/h5-6,9-10,13H,3-4,7-8H2,1-2H3. The number of nitrogens with one attached hydrogen (secondary N) is 1. The number of hydrogen-bond donors (Lipinski definition) is 1. The van der Waals surface area contributed by atoms with E-state index in [9.17, 15) is 0 Å². The summed E-state index contributed by atoms with van der Waals surface area (Å²) in [4.78, 5) is 4.33. The van der Waals surface area contributed by atoms with E-state index in [0.717, 1.165) is 25.4 Å². The molecule has 0 bridgehead atoms. The van der Waals surface area contributed by atoms with Crippen molar-refractivity contribution >= 4 is 0 Å². The molecule has 3 heteroatoms. The zero-order chi connectivity index (χ0) is 9.97. The molecule has 3 nitrogen and oxygen atoms in total. The van der Waals surface area contributed by atoms with Crippen LogP contribution < -0.4 is 5.32 Å². The third-order valence-electron chi connectivity index (χ3n) is 2.85. The minimum atomic E-state index is 0.596. The van der Waals surface area contributed by atoms with E-state index in [-0.39, 0.29) is 0 Å². The Bertz CT molecular complexity index is 290.